The normalized spacial score (nSPS) is 13.3. The number of carbonyl (C=O) groups excluding carboxylic acids is 1. The van der Waals surface area contributed by atoms with Gasteiger partial charge in [-0.3, -0.25) is 5.32 Å². The Morgan fingerprint density at radius 1 is 1.28 bits per heavy atom. The Morgan fingerprint density at radius 2 is 2.12 bits per heavy atom. The van der Waals surface area contributed by atoms with Crippen LogP contribution in [0.2, 0.25) is 0 Å². The Labute approximate surface area is 144 Å². The minimum absolute atomic E-state index is 0.115. The number of hydrogen-bond acceptors (Lipinski definition) is 5. The number of anilines is 3. The third-order valence-corrected chi connectivity index (χ3v) is 4.18. The van der Waals surface area contributed by atoms with Gasteiger partial charge in [-0.1, -0.05) is 0 Å². The molecule has 3 aromatic rings. The van der Waals surface area contributed by atoms with Gasteiger partial charge in [0.25, 0.3) is 0 Å². The maximum atomic E-state index is 11.9. The Hall–Kier alpha value is -3.35. The van der Waals surface area contributed by atoms with Crippen LogP contribution >= 0.6 is 0 Å². The summed E-state index contributed by atoms with van der Waals surface area (Å²) in [4.78, 5) is 21.9. The van der Waals surface area contributed by atoms with Crippen molar-refractivity contribution in [1.29, 1.82) is 0 Å². The van der Waals surface area contributed by atoms with Crippen molar-refractivity contribution < 1.29 is 9.21 Å². The van der Waals surface area contributed by atoms with E-state index in [4.69, 9.17) is 4.42 Å². The molecule has 4 rings (SSSR count). The Kier molecular flexibility index (Phi) is 3.81. The van der Waals surface area contributed by atoms with E-state index in [1.54, 1.807) is 17.3 Å². The van der Waals surface area contributed by atoms with E-state index in [2.05, 4.69) is 20.6 Å². The molecule has 1 aromatic carbocycles. The highest BCUT2D eigenvalue weighted by atomic mass is 16.3. The van der Waals surface area contributed by atoms with Crippen molar-refractivity contribution in [3.05, 3.63) is 54.7 Å². The van der Waals surface area contributed by atoms with Crippen molar-refractivity contribution in [2.24, 2.45) is 0 Å². The highest BCUT2D eigenvalue weighted by Gasteiger charge is 2.24. The van der Waals surface area contributed by atoms with E-state index in [1.807, 2.05) is 37.3 Å². The van der Waals surface area contributed by atoms with E-state index in [0.29, 0.717) is 18.9 Å². The molecule has 0 aliphatic carbocycles. The summed E-state index contributed by atoms with van der Waals surface area (Å²) in [6.45, 7) is 3.13. The zero-order valence-electron chi connectivity index (χ0n) is 13.7. The molecule has 1 aliphatic heterocycles. The van der Waals surface area contributed by atoms with E-state index >= 15 is 0 Å². The second-order valence-electron chi connectivity index (χ2n) is 5.70. The van der Waals surface area contributed by atoms with E-state index in [9.17, 15) is 4.79 Å². The first-order valence-electron chi connectivity index (χ1n) is 8.04. The van der Waals surface area contributed by atoms with Gasteiger partial charge in [-0.15, -0.1) is 0 Å². The van der Waals surface area contributed by atoms with Crippen LogP contribution in [0.15, 0.2) is 53.5 Å². The third kappa shape index (κ3) is 2.91. The molecular weight excluding hydrogens is 318 g/mol. The maximum absolute atomic E-state index is 11.9. The summed E-state index contributed by atoms with van der Waals surface area (Å²) < 4.78 is 5.30. The number of hydrogen-bond donors (Lipinski definition) is 2. The van der Waals surface area contributed by atoms with Crippen molar-refractivity contribution >= 4 is 23.2 Å². The summed E-state index contributed by atoms with van der Waals surface area (Å²) in [6, 6.07) is 9.69. The number of nitrogens with zero attached hydrogens (tertiary/aromatic N) is 3. The summed E-state index contributed by atoms with van der Waals surface area (Å²) in [5.41, 5.74) is 3.81. The molecule has 3 heterocycles. The lowest BCUT2D eigenvalue weighted by Crippen LogP contribution is -2.39. The Balaban J connectivity index is 1.59. The summed E-state index contributed by atoms with van der Waals surface area (Å²) in [5.74, 6) is 1.34. The van der Waals surface area contributed by atoms with Crippen molar-refractivity contribution in [3.63, 3.8) is 0 Å². The lowest BCUT2D eigenvalue weighted by Gasteiger charge is -2.29. The highest BCUT2D eigenvalue weighted by Crippen LogP contribution is 2.30. The van der Waals surface area contributed by atoms with Gasteiger partial charge in [-0.25, -0.2) is 14.8 Å². The van der Waals surface area contributed by atoms with Crippen LogP contribution in [0.1, 0.15) is 12.5 Å². The van der Waals surface area contributed by atoms with E-state index < -0.39 is 0 Å². The summed E-state index contributed by atoms with van der Waals surface area (Å²) in [6.07, 6.45) is 4.79. The molecule has 1 aliphatic rings. The predicted octanol–water partition coefficient (Wildman–Crippen LogP) is 3.85. The largest absolute Gasteiger partial charge is 0.444 e. The van der Waals surface area contributed by atoms with Crippen LogP contribution in [0.4, 0.5) is 22.0 Å². The molecule has 7 nitrogen and oxygen atoms in total. The van der Waals surface area contributed by atoms with Crippen LogP contribution in [0.3, 0.4) is 0 Å². The summed E-state index contributed by atoms with van der Waals surface area (Å²) in [5, 5.41) is 6.23. The van der Waals surface area contributed by atoms with Crippen molar-refractivity contribution in [3.8, 4) is 11.3 Å². The van der Waals surface area contributed by atoms with Crippen LogP contribution in [-0.2, 0) is 6.54 Å². The molecule has 2 N–H and O–H groups in total. The quantitative estimate of drug-likeness (QED) is 0.757. The Morgan fingerprint density at radius 3 is 2.84 bits per heavy atom. The summed E-state index contributed by atoms with van der Waals surface area (Å²) >= 11 is 0. The first-order valence-corrected chi connectivity index (χ1v) is 8.04. The number of rotatable bonds is 4. The average Bonchev–Trinajstić information content (AvgIpc) is 3.17. The molecule has 0 saturated heterocycles. The van der Waals surface area contributed by atoms with E-state index in [-0.39, 0.29) is 6.03 Å². The number of fused-ring (bicyclic) bond motifs is 1. The molecule has 2 amide bonds. The number of nitrogens with one attached hydrogen (secondary N) is 2. The molecular formula is C18H17N5O2. The van der Waals surface area contributed by atoms with Gasteiger partial charge in [-0.05, 0) is 37.3 Å². The molecule has 0 bridgehead atoms. The van der Waals surface area contributed by atoms with Crippen LogP contribution in [0, 0.1) is 0 Å². The second kappa shape index (κ2) is 6.27. The molecule has 126 valence electrons. The maximum Gasteiger partial charge on any atom is 0.323 e. The van der Waals surface area contributed by atoms with Gasteiger partial charge in [-0.2, -0.15) is 0 Å². The standard InChI is InChI=1S/C18H17N5O2/c1-2-23-10-14-15(7-8-20-17(14)22-18(23)24)21-13-5-3-12(4-6-13)16-9-19-11-25-16/h3-9,11H,2,10H2,1H3,(H2,20,21,22,24). The number of benzene rings is 1. The van der Waals surface area contributed by atoms with Crippen LogP contribution in [-0.4, -0.2) is 27.4 Å². The monoisotopic (exact) mass is 335 g/mol. The number of oxazole rings is 1. The molecule has 0 saturated carbocycles. The minimum atomic E-state index is -0.115. The number of carbonyl (C=O) groups is 1. The van der Waals surface area contributed by atoms with Crippen LogP contribution in [0.5, 0.6) is 0 Å². The molecule has 7 heteroatoms. The zero-order chi connectivity index (χ0) is 17.2. The summed E-state index contributed by atoms with van der Waals surface area (Å²) in [7, 11) is 0. The van der Waals surface area contributed by atoms with Gasteiger partial charge in [0.1, 0.15) is 5.82 Å². The predicted molar refractivity (Wildman–Crippen MR) is 94.6 cm³/mol. The molecule has 0 fully saturated rings. The van der Waals surface area contributed by atoms with Gasteiger partial charge < -0.3 is 14.6 Å². The molecule has 0 spiro atoms. The zero-order valence-corrected chi connectivity index (χ0v) is 13.7. The Bertz CT molecular complexity index is 890. The first kappa shape index (κ1) is 15.2. The van der Waals surface area contributed by atoms with Crippen LogP contribution in [0.25, 0.3) is 11.3 Å². The van der Waals surface area contributed by atoms with Crippen molar-refractivity contribution in [2.45, 2.75) is 13.5 Å². The fourth-order valence-electron chi connectivity index (χ4n) is 2.81. The van der Waals surface area contributed by atoms with Gasteiger partial charge >= 0.3 is 6.03 Å². The van der Waals surface area contributed by atoms with Gasteiger partial charge in [0, 0.05) is 35.2 Å². The van der Waals surface area contributed by atoms with Gasteiger partial charge in [0.15, 0.2) is 12.2 Å². The fraction of sp³-hybridized carbons (Fsp3) is 0.167. The van der Waals surface area contributed by atoms with Crippen LogP contribution < -0.4 is 10.6 Å². The van der Waals surface area contributed by atoms with E-state index in [0.717, 1.165) is 28.3 Å². The third-order valence-electron chi connectivity index (χ3n) is 4.18. The minimum Gasteiger partial charge on any atom is -0.444 e. The topological polar surface area (TPSA) is 83.3 Å². The van der Waals surface area contributed by atoms with Crippen molar-refractivity contribution in [1.82, 2.24) is 14.9 Å². The second-order valence-corrected chi connectivity index (χ2v) is 5.70. The van der Waals surface area contributed by atoms with Gasteiger partial charge in [0.2, 0.25) is 0 Å². The molecule has 25 heavy (non-hydrogen) atoms. The number of amides is 2. The first-order chi connectivity index (χ1) is 12.2. The highest BCUT2D eigenvalue weighted by molar-refractivity contribution is 5.92. The molecule has 2 aromatic heterocycles. The lowest BCUT2D eigenvalue weighted by atomic mass is 10.1. The van der Waals surface area contributed by atoms with Gasteiger partial charge in [0.05, 0.1) is 12.7 Å². The molecule has 0 atom stereocenters. The number of pyridine rings is 1. The average molecular weight is 335 g/mol. The van der Waals surface area contributed by atoms with Crippen molar-refractivity contribution in [2.75, 3.05) is 17.2 Å². The smallest absolute Gasteiger partial charge is 0.323 e. The number of aromatic nitrogens is 2. The molecule has 0 radical (unpaired) electrons. The lowest BCUT2D eigenvalue weighted by molar-refractivity contribution is 0.209. The SMILES string of the molecule is CCN1Cc2c(Nc3ccc(-c4cnco4)cc3)ccnc2NC1=O. The fourth-order valence-corrected chi connectivity index (χ4v) is 2.81. The number of urea groups is 1. The van der Waals surface area contributed by atoms with E-state index in [1.165, 1.54) is 6.39 Å². The molecule has 0 unspecified atom stereocenters.